The Morgan fingerprint density at radius 2 is 0.429 bits per heavy atom. The molecular formula is C59H126O11. The van der Waals surface area contributed by atoms with E-state index in [9.17, 15) is 38.4 Å². The molecule has 0 aromatic carbocycles. The van der Waals surface area contributed by atoms with Crippen molar-refractivity contribution < 1.29 is 53.7 Å². The SMILES string of the molecule is C.CC(C)=O.CC(C)=O.CC(C)=O.CC(C)=O.CCCCCC(=O)CCC.CCCCCC(=O)CCCCC.CCCCCC(C)=O.CCCCCCCC(C)=O.CCCCO.CCCCO.CCO. The van der Waals surface area contributed by atoms with E-state index in [2.05, 4.69) is 55.4 Å². The summed E-state index contributed by atoms with van der Waals surface area (Å²) in [5.41, 5.74) is 0. The number of Topliss-reactive ketones (excluding diaryl/α,β-unsaturated/α-hetero) is 8. The summed E-state index contributed by atoms with van der Waals surface area (Å²) in [6, 6.07) is 0. The van der Waals surface area contributed by atoms with Gasteiger partial charge in [0.15, 0.2) is 0 Å². The molecule has 0 amide bonds. The Kier molecular flexibility index (Phi) is 143. The Morgan fingerprint density at radius 3 is 0.600 bits per heavy atom. The predicted molar refractivity (Wildman–Crippen MR) is 305 cm³/mol. The van der Waals surface area contributed by atoms with E-state index in [0.29, 0.717) is 36.3 Å². The summed E-state index contributed by atoms with van der Waals surface area (Å²) in [4.78, 5) is 80.7. The van der Waals surface area contributed by atoms with Crippen molar-refractivity contribution in [2.24, 2.45) is 0 Å². The maximum atomic E-state index is 11.2. The number of rotatable bonds is 28. The molecule has 0 unspecified atom stereocenters. The van der Waals surface area contributed by atoms with E-state index in [1.807, 2.05) is 0 Å². The second kappa shape index (κ2) is 103. The number of ketones is 8. The lowest BCUT2D eigenvalue weighted by atomic mass is 10.1. The van der Waals surface area contributed by atoms with Crippen LogP contribution in [-0.4, -0.2) is 81.4 Å². The topological polar surface area (TPSA) is 197 Å². The molecule has 0 saturated heterocycles. The van der Waals surface area contributed by atoms with Crippen LogP contribution in [0.2, 0.25) is 0 Å². The number of carbonyl (C=O) groups is 8. The van der Waals surface area contributed by atoms with Crippen LogP contribution in [0.1, 0.15) is 319 Å². The van der Waals surface area contributed by atoms with Crippen molar-refractivity contribution in [2.75, 3.05) is 19.8 Å². The monoisotopic (exact) mass is 1010 g/mol. The van der Waals surface area contributed by atoms with Crippen molar-refractivity contribution >= 4 is 46.3 Å². The molecule has 0 heterocycles. The summed E-state index contributed by atoms with van der Waals surface area (Å²) in [5, 5.41) is 23.7. The minimum absolute atomic E-state index is 0. The summed E-state index contributed by atoms with van der Waals surface area (Å²) in [5.74, 6) is 2.22. The van der Waals surface area contributed by atoms with Crippen LogP contribution >= 0.6 is 0 Å². The molecule has 0 aliphatic carbocycles. The van der Waals surface area contributed by atoms with E-state index in [-0.39, 0.29) is 37.2 Å². The Hall–Kier alpha value is -2.76. The van der Waals surface area contributed by atoms with Crippen LogP contribution in [0.5, 0.6) is 0 Å². The van der Waals surface area contributed by atoms with Crippen LogP contribution in [0.3, 0.4) is 0 Å². The van der Waals surface area contributed by atoms with Crippen molar-refractivity contribution in [3.8, 4) is 0 Å². The highest BCUT2D eigenvalue weighted by atomic mass is 16.3. The van der Waals surface area contributed by atoms with Gasteiger partial charge in [-0.3, -0.25) is 9.59 Å². The fraction of sp³-hybridized carbons (Fsp3) is 0.864. The molecule has 0 saturated carbocycles. The Bertz CT molecular complexity index is 922. The van der Waals surface area contributed by atoms with Gasteiger partial charge in [0.1, 0.15) is 46.3 Å². The largest absolute Gasteiger partial charge is 0.397 e. The third-order valence-corrected chi connectivity index (χ3v) is 7.49. The van der Waals surface area contributed by atoms with Gasteiger partial charge in [-0.25, -0.2) is 0 Å². The number of aliphatic hydroxyl groups is 3. The molecule has 0 aromatic rings. The summed E-state index contributed by atoms with van der Waals surface area (Å²) in [6.07, 6.45) is 30.1. The van der Waals surface area contributed by atoms with Crippen LogP contribution in [0.4, 0.5) is 0 Å². The van der Waals surface area contributed by atoms with Gasteiger partial charge in [-0.1, -0.05) is 153 Å². The third-order valence-electron chi connectivity index (χ3n) is 7.49. The molecule has 428 valence electrons. The van der Waals surface area contributed by atoms with Crippen molar-refractivity contribution in [3.63, 3.8) is 0 Å². The first-order chi connectivity index (χ1) is 32.3. The molecule has 0 atom stereocenters. The van der Waals surface area contributed by atoms with E-state index in [0.717, 1.165) is 103 Å². The van der Waals surface area contributed by atoms with Crippen LogP contribution in [-0.2, 0) is 38.4 Å². The van der Waals surface area contributed by atoms with E-state index in [1.54, 1.807) is 20.8 Å². The molecule has 0 fully saturated rings. The van der Waals surface area contributed by atoms with Crippen LogP contribution in [0.15, 0.2) is 0 Å². The quantitative estimate of drug-likeness (QED) is 0.0631. The van der Waals surface area contributed by atoms with Crippen molar-refractivity contribution in [1.82, 2.24) is 0 Å². The van der Waals surface area contributed by atoms with Crippen LogP contribution in [0, 0.1) is 0 Å². The van der Waals surface area contributed by atoms with Gasteiger partial charge in [0, 0.05) is 58.3 Å². The van der Waals surface area contributed by atoms with Crippen LogP contribution < -0.4 is 0 Å². The second-order valence-corrected chi connectivity index (χ2v) is 17.3. The van der Waals surface area contributed by atoms with Gasteiger partial charge in [-0.15, -0.1) is 0 Å². The first kappa shape index (κ1) is 96.7. The molecule has 0 aromatic heterocycles. The molecule has 0 spiro atoms. The zero-order valence-corrected chi connectivity index (χ0v) is 49.5. The van der Waals surface area contributed by atoms with Crippen molar-refractivity contribution in [1.29, 1.82) is 0 Å². The van der Waals surface area contributed by atoms with Gasteiger partial charge in [-0.05, 0) is 128 Å². The lowest BCUT2D eigenvalue weighted by Crippen LogP contribution is -1.96. The van der Waals surface area contributed by atoms with E-state index in [1.165, 1.54) is 132 Å². The summed E-state index contributed by atoms with van der Waals surface area (Å²) < 4.78 is 0. The zero-order chi connectivity index (χ0) is 56.5. The molecule has 0 aliphatic rings. The van der Waals surface area contributed by atoms with Gasteiger partial charge >= 0.3 is 0 Å². The normalized spacial score (nSPS) is 8.54. The molecule has 0 radical (unpaired) electrons. The van der Waals surface area contributed by atoms with E-state index < -0.39 is 0 Å². The average molecular weight is 1010 g/mol. The first-order valence-electron chi connectivity index (χ1n) is 27.1. The highest BCUT2D eigenvalue weighted by Crippen LogP contribution is 2.07. The van der Waals surface area contributed by atoms with Gasteiger partial charge in [0.25, 0.3) is 0 Å². The number of aliphatic hydroxyl groups excluding tert-OH is 3. The molecule has 0 aliphatic heterocycles. The Balaban J connectivity index is -0.0000000544. The maximum absolute atomic E-state index is 11.2. The standard InChI is InChI=1S/C11H22O.2C9H18O.C7H14O.2C4H10O.4C3H6O.C2H6O.CH4/c1-3-5-7-9-11(12)10-8-6-4-2;1-3-4-5-6-7-8-9(2)10;1-3-5-6-8-9(10)7-4-2;1-3-4-5-6-7(2)8;2*1-2-3-4-5;4*1-3(2)4;1-2-3;/h3-10H2,1-2H3;2*3-8H2,1-2H3;3-6H2,1-2H3;2*5H,2-4H2,1H3;4*1-2H3;3H,2H2,1H3;1H4. The predicted octanol–water partition coefficient (Wildman–Crippen LogP) is 16.3. The van der Waals surface area contributed by atoms with Gasteiger partial charge in [0.2, 0.25) is 0 Å². The maximum Gasteiger partial charge on any atom is 0.132 e. The minimum Gasteiger partial charge on any atom is -0.397 e. The molecule has 70 heavy (non-hydrogen) atoms. The highest BCUT2D eigenvalue weighted by Gasteiger charge is 2.00. The minimum atomic E-state index is 0. The number of unbranched alkanes of at least 4 members (excludes halogenated alkanes) is 14. The third kappa shape index (κ3) is 276. The van der Waals surface area contributed by atoms with Crippen molar-refractivity contribution in [3.05, 3.63) is 0 Å². The molecule has 0 bridgehead atoms. The smallest absolute Gasteiger partial charge is 0.132 e. The van der Waals surface area contributed by atoms with Crippen LogP contribution in [0.25, 0.3) is 0 Å². The number of hydrogen-bond donors (Lipinski definition) is 3. The van der Waals surface area contributed by atoms with E-state index >= 15 is 0 Å². The van der Waals surface area contributed by atoms with E-state index in [4.69, 9.17) is 15.3 Å². The first-order valence-corrected chi connectivity index (χ1v) is 27.1. The van der Waals surface area contributed by atoms with Gasteiger partial charge in [-0.2, -0.15) is 0 Å². The van der Waals surface area contributed by atoms with Gasteiger partial charge in [0.05, 0.1) is 0 Å². The Labute approximate surface area is 437 Å². The second-order valence-electron chi connectivity index (χ2n) is 17.3. The molecule has 11 heteroatoms. The highest BCUT2D eigenvalue weighted by molar-refractivity contribution is 5.78. The summed E-state index contributed by atoms with van der Waals surface area (Å²) in [6.45, 7) is 35.1. The molecular weight excluding hydrogens is 885 g/mol. The lowest BCUT2D eigenvalue weighted by Gasteiger charge is -1.98. The van der Waals surface area contributed by atoms with Crippen molar-refractivity contribution in [2.45, 2.75) is 319 Å². The zero-order valence-electron chi connectivity index (χ0n) is 49.5. The average Bonchev–Trinajstić information content (AvgIpc) is 3.22. The summed E-state index contributed by atoms with van der Waals surface area (Å²) in [7, 11) is 0. The summed E-state index contributed by atoms with van der Waals surface area (Å²) >= 11 is 0. The number of carbonyl (C=O) groups excluding carboxylic acids is 8. The molecule has 3 N–H and O–H groups in total. The molecule has 0 rings (SSSR count). The molecule has 11 nitrogen and oxygen atoms in total. The number of hydrogen-bond acceptors (Lipinski definition) is 11. The van der Waals surface area contributed by atoms with Gasteiger partial charge < -0.3 is 44.1 Å². The fourth-order valence-corrected chi connectivity index (χ4v) is 4.16. The fourth-order valence-electron chi connectivity index (χ4n) is 4.16. The Morgan fingerprint density at radius 1 is 0.257 bits per heavy atom. The lowest BCUT2D eigenvalue weighted by molar-refractivity contribution is -0.120.